The molecule has 2 amide bonds. The second-order valence-electron chi connectivity index (χ2n) is 4.81. The number of hydrogen-bond donors (Lipinski definition) is 0. The molecule has 1 aromatic carbocycles. The molecule has 0 heterocycles. The SMILES string of the molecule is CN(C)C(=O)N(C)CC(c1ccccc1)C(C#N)C#N. The van der Waals surface area contributed by atoms with E-state index in [9.17, 15) is 4.79 Å². The molecule has 1 rings (SSSR count). The van der Waals surface area contributed by atoms with Crippen LogP contribution < -0.4 is 0 Å². The third-order valence-corrected chi connectivity index (χ3v) is 3.09. The van der Waals surface area contributed by atoms with Gasteiger partial charge in [0.05, 0.1) is 12.1 Å². The highest BCUT2D eigenvalue weighted by Gasteiger charge is 2.26. The number of urea groups is 1. The third-order valence-electron chi connectivity index (χ3n) is 3.09. The molecule has 1 aromatic rings. The zero-order valence-corrected chi connectivity index (χ0v) is 11.9. The van der Waals surface area contributed by atoms with Crippen LogP contribution in [0.4, 0.5) is 4.79 Å². The van der Waals surface area contributed by atoms with Crippen molar-refractivity contribution in [1.82, 2.24) is 9.80 Å². The summed E-state index contributed by atoms with van der Waals surface area (Å²) >= 11 is 0. The van der Waals surface area contributed by atoms with E-state index in [2.05, 4.69) is 0 Å². The Morgan fingerprint density at radius 3 is 2.15 bits per heavy atom. The summed E-state index contributed by atoms with van der Waals surface area (Å²) in [6, 6.07) is 13.2. The fourth-order valence-corrected chi connectivity index (χ4v) is 2.03. The smallest absolute Gasteiger partial charge is 0.319 e. The number of nitrogens with zero attached hydrogens (tertiary/aromatic N) is 4. The van der Waals surface area contributed by atoms with Gasteiger partial charge in [0, 0.05) is 33.6 Å². The number of nitriles is 2. The van der Waals surface area contributed by atoms with Crippen molar-refractivity contribution in [1.29, 1.82) is 10.5 Å². The second kappa shape index (κ2) is 7.16. The molecule has 0 aliphatic carbocycles. The third kappa shape index (κ3) is 3.73. The topological polar surface area (TPSA) is 71.1 Å². The van der Waals surface area contributed by atoms with Crippen molar-refractivity contribution in [3.63, 3.8) is 0 Å². The Kier molecular flexibility index (Phi) is 5.56. The molecule has 0 bridgehead atoms. The normalized spacial score (nSPS) is 11.3. The van der Waals surface area contributed by atoms with Crippen LogP contribution in [0.2, 0.25) is 0 Å². The van der Waals surface area contributed by atoms with E-state index < -0.39 is 5.92 Å². The van der Waals surface area contributed by atoms with Gasteiger partial charge in [0.15, 0.2) is 0 Å². The molecule has 5 heteroatoms. The highest BCUT2D eigenvalue weighted by Crippen LogP contribution is 2.25. The highest BCUT2D eigenvalue weighted by atomic mass is 16.2. The average Bonchev–Trinajstić information content (AvgIpc) is 2.47. The summed E-state index contributed by atoms with van der Waals surface area (Å²) in [5, 5.41) is 18.3. The summed E-state index contributed by atoms with van der Waals surface area (Å²) < 4.78 is 0. The summed E-state index contributed by atoms with van der Waals surface area (Å²) in [4.78, 5) is 14.9. The first-order valence-corrected chi connectivity index (χ1v) is 6.27. The van der Waals surface area contributed by atoms with Crippen LogP contribution in [0.5, 0.6) is 0 Å². The predicted molar refractivity (Wildman–Crippen MR) is 75.6 cm³/mol. The van der Waals surface area contributed by atoms with Gasteiger partial charge in [0.1, 0.15) is 5.92 Å². The minimum atomic E-state index is -0.783. The largest absolute Gasteiger partial charge is 0.331 e. The summed E-state index contributed by atoms with van der Waals surface area (Å²) in [7, 11) is 5.01. The number of rotatable bonds is 4. The van der Waals surface area contributed by atoms with Crippen molar-refractivity contribution in [2.24, 2.45) is 5.92 Å². The van der Waals surface area contributed by atoms with Crippen molar-refractivity contribution in [3.05, 3.63) is 35.9 Å². The quantitative estimate of drug-likeness (QED) is 0.840. The van der Waals surface area contributed by atoms with Crippen molar-refractivity contribution in [2.75, 3.05) is 27.7 Å². The van der Waals surface area contributed by atoms with Crippen molar-refractivity contribution in [2.45, 2.75) is 5.92 Å². The molecule has 0 aliphatic heterocycles. The average molecular weight is 270 g/mol. The summed E-state index contributed by atoms with van der Waals surface area (Å²) in [5.74, 6) is -1.10. The lowest BCUT2D eigenvalue weighted by Gasteiger charge is -2.27. The van der Waals surface area contributed by atoms with Gasteiger partial charge in [0.2, 0.25) is 0 Å². The maximum absolute atomic E-state index is 11.9. The number of hydrogen-bond acceptors (Lipinski definition) is 3. The Bertz CT molecular complexity index is 513. The molecular weight excluding hydrogens is 252 g/mol. The number of carbonyl (C=O) groups is 1. The fourth-order valence-electron chi connectivity index (χ4n) is 2.03. The standard InChI is InChI=1S/C15H18N4O/c1-18(2)15(20)19(3)11-14(13(9-16)10-17)12-7-5-4-6-8-12/h4-8,13-14H,11H2,1-3H3. The number of amides is 2. The van der Waals surface area contributed by atoms with E-state index in [1.807, 2.05) is 42.5 Å². The Morgan fingerprint density at radius 2 is 1.70 bits per heavy atom. The number of likely N-dealkylation sites (N-methyl/N-ethyl adjacent to an activating group) is 1. The minimum absolute atomic E-state index is 0.152. The Morgan fingerprint density at radius 1 is 1.15 bits per heavy atom. The molecule has 0 radical (unpaired) electrons. The van der Waals surface area contributed by atoms with Gasteiger partial charge in [-0.3, -0.25) is 0 Å². The zero-order valence-electron chi connectivity index (χ0n) is 11.9. The molecule has 0 N–H and O–H groups in total. The van der Waals surface area contributed by atoms with Gasteiger partial charge >= 0.3 is 6.03 Å². The van der Waals surface area contributed by atoms with Crippen LogP contribution in [0.1, 0.15) is 11.5 Å². The highest BCUT2D eigenvalue weighted by molar-refractivity contribution is 5.73. The van der Waals surface area contributed by atoms with Crippen LogP contribution in [0.3, 0.4) is 0 Å². The first kappa shape index (κ1) is 15.5. The van der Waals surface area contributed by atoms with E-state index in [-0.39, 0.29) is 11.9 Å². The van der Waals surface area contributed by atoms with E-state index in [4.69, 9.17) is 10.5 Å². The van der Waals surface area contributed by atoms with Crippen LogP contribution in [0, 0.1) is 28.6 Å². The van der Waals surface area contributed by atoms with Gasteiger partial charge < -0.3 is 9.80 Å². The monoisotopic (exact) mass is 270 g/mol. The van der Waals surface area contributed by atoms with Crippen molar-refractivity contribution in [3.8, 4) is 12.1 Å². The van der Waals surface area contributed by atoms with Gasteiger partial charge in [0.25, 0.3) is 0 Å². The first-order chi connectivity index (χ1) is 9.51. The molecular formula is C15H18N4O. The maximum Gasteiger partial charge on any atom is 0.319 e. The molecule has 1 atom stereocenters. The molecule has 0 saturated heterocycles. The second-order valence-corrected chi connectivity index (χ2v) is 4.81. The fraction of sp³-hybridized carbons (Fsp3) is 0.400. The number of benzene rings is 1. The first-order valence-electron chi connectivity index (χ1n) is 6.27. The summed E-state index contributed by atoms with van der Waals surface area (Å²) in [6.07, 6.45) is 0. The van der Waals surface area contributed by atoms with E-state index in [1.165, 1.54) is 9.80 Å². The van der Waals surface area contributed by atoms with E-state index in [0.717, 1.165) is 5.56 Å². The predicted octanol–water partition coefficient (Wildman–Crippen LogP) is 2.05. The lowest BCUT2D eigenvalue weighted by Crippen LogP contribution is -2.39. The van der Waals surface area contributed by atoms with Gasteiger partial charge in [-0.2, -0.15) is 10.5 Å². The van der Waals surface area contributed by atoms with Crippen molar-refractivity contribution < 1.29 is 4.79 Å². The lowest BCUT2D eigenvalue weighted by atomic mass is 9.87. The maximum atomic E-state index is 11.9. The van der Waals surface area contributed by atoms with Crippen LogP contribution in [-0.4, -0.2) is 43.5 Å². The Hall–Kier alpha value is -2.53. The number of carbonyl (C=O) groups excluding carboxylic acids is 1. The van der Waals surface area contributed by atoms with Crippen LogP contribution in [-0.2, 0) is 0 Å². The Balaban J connectivity index is 2.99. The molecule has 0 aliphatic rings. The summed E-state index contributed by atoms with van der Waals surface area (Å²) in [6.45, 7) is 0.326. The molecule has 1 unspecified atom stereocenters. The van der Waals surface area contributed by atoms with Crippen LogP contribution >= 0.6 is 0 Å². The van der Waals surface area contributed by atoms with E-state index in [1.54, 1.807) is 21.1 Å². The molecule has 0 fully saturated rings. The molecule has 0 spiro atoms. The van der Waals surface area contributed by atoms with Gasteiger partial charge in [-0.15, -0.1) is 0 Å². The van der Waals surface area contributed by atoms with Crippen LogP contribution in [0.25, 0.3) is 0 Å². The molecule has 20 heavy (non-hydrogen) atoms. The molecule has 0 saturated carbocycles. The summed E-state index contributed by atoms with van der Waals surface area (Å²) in [5.41, 5.74) is 0.888. The van der Waals surface area contributed by atoms with Gasteiger partial charge in [-0.1, -0.05) is 30.3 Å². The van der Waals surface area contributed by atoms with E-state index in [0.29, 0.717) is 6.54 Å². The zero-order chi connectivity index (χ0) is 15.1. The van der Waals surface area contributed by atoms with Crippen molar-refractivity contribution >= 4 is 6.03 Å². The minimum Gasteiger partial charge on any atom is -0.331 e. The molecule has 0 aromatic heterocycles. The van der Waals surface area contributed by atoms with Gasteiger partial charge in [-0.05, 0) is 5.56 Å². The lowest BCUT2D eigenvalue weighted by molar-refractivity contribution is 0.178. The van der Waals surface area contributed by atoms with Crippen LogP contribution in [0.15, 0.2) is 30.3 Å². The van der Waals surface area contributed by atoms with Gasteiger partial charge in [-0.25, -0.2) is 4.79 Å². The molecule has 5 nitrogen and oxygen atoms in total. The molecule has 104 valence electrons. The Labute approximate surface area is 119 Å². The van der Waals surface area contributed by atoms with E-state index >= 15 is 0 Å².